The molecule has 4 rings (SSSR count). The Hall–Kier alpha value is -3.97. The fourth-order valence-electron chi connectivity index (χ4n) is 3.74. The summed E-state index contributed by atoms with van der Waals surface area (Å²) in [6.07, 6.45) is -0.612. The first kappa shape index (κ1) is 28.0. The average molecular weight is 585 g/mol. The lowest BCUT2D eigenvalue weighted by molar-refractivity contribution is -0.124. The Labute approximate surface area is 229 Å². The van der Waals surface area contributed by atoms with Crippen LogP contribution in [0.15, 0.2) is 48.5 Å². The van der Waals surface area contributed by atoms with Gasteiger partial charge in [0.2, 0.25) is 16.8 Å². The Morgan fingerprint density at radius 3 is 2.08 bits per heavy atom. The van der Waals surface area contributed by atoms with Crippen molar-refractivity contribution in [1.82, 2.24) is 5.01 Å². The summed E-state index contributed by atoms with van der Waals surface area (Å²) in [5, 5.41) is 3.19. The number of hydrazine groups is 1. The first-order chi connectivity index (χ1) is 18.5. The highest BCUT2D eigenvalue weighted by molar-refractivity contribution is 7.80. The van der Waals surface area contributed by atoms with Gasteiger partial charge < -0.3 is 10.1 Å². The lowest BCUT2D eigenvalue weighted by Crippen LogP contribution is -2.42. The number of nitrogens with one attached hydrogen (secondary N) is 2. The number of halogens is 6. The van der Waals surface area contributed by atoms with E-state index in [1.54, 1.807) is 31.2 Å². The van der Waals surface area contributed by atoms with Crippen molar-refractivity contribution in [1.29, 1.82) is 0 Å². The lowest BCUT2D eigenvalue weighted by Gasteiger charge is -2.26. The summed E-state index contributed by atoms with van der Waals surface area (Å²) in [6.45, 7) is 2.24. The smallest absolute Gasteiger partial charge is 0.258 e. The third-order valence-electron chi connectivity index (χ3n) is 5.57. The molecule has 1 aliphatic heterocycles. The predicted molar refractivity (Wildman–Crippen MR) is 138 cm³/mol. The zero-order valence-corrected chi connectivity index (χ0v) is 21.5. The highest BCUT2D eigenvalue weighted by Crippen LogP contribution is 2.32. The van der Waals surface area contributed by atoms with Gasteiger partial charge in [-0.25, -0.2) is 27.0 Å². The Bertz CT molecular complexity index is 1410. The fourth-order valence-corrected chi connectivity index (χ4v) is 4.23. The Morgan fingerprint density at radius 1 is 0.949 bits per heavy atom. The first-order valence-electron chi connectivity index (χ1n) is 11.3. The number of nitrogens with zero attached hydrogens (tertiary/aromatic N) is 2. The summed E-state index contributed by atoms with van der Waals surface area (Å²) in [4.78, 5) is 27.2. The van der Waals surface area contributed by atoms with Crippen molar-refractivity contribution in [3.8, 4) is 5.75 Å². The van der Waals surface area contributed by atoms with Gasteiger partial charge in [-0.2, -0.15) is 0 Å². The van der Waals surface area contributed by atoms with Crippen LogP contribution < -0.4 is 20.4 Å². The van der Waals surface area contributed by atoms with Gasteiger partial charge in [0.05, 0.1) is 18.7 Å². The molecule has 1 fully saturated rings. The number of rotatable bonds is 8. The monoisotopic (exact) mass is 584 g/mol. The van der Waals surface area contributed by atoms with E-state index in [9.17, 15) is 31.5 Å². The maximum atomic E-state index is 14.5. The minimum Gasteiger partial charge on any atom is -0.494 e. The molecule has 0 saturated carbocycles. The van der Waals surface area contributed by atoms with Crippen molar-refractivity contribution >= 4 is 57.8 Å². The number of amides is 2. The van der Waals surface area contributed by atoms with E-state index in [4.69, 9.17) is 28.6 Å². The average Bonchev–Trinajstić information content (AvgIpc) is 3.14. The van der Waals surface area contributed by atoms with Crippen molar-refractivity contribution in [2.45, 2.75) is 19.4 Å². The molecule has 1 heterocycles. The van der Waals surface area contributed by atoms with Crippen molar-refractivity contribution in [3.05, 3.63) is 82.6 Å². The molecular weight excluding hydrogens is 567 g/mol. The van der Waals surface area contributed by atoms with E-state index in [1.165, 1.54) is 24.3 Å². The standard InChI is InChI=1S/C25H18ClF5N4O3S/c1-2-38-15-9-5-13(6-10-15)32-17(36)11-16-24(37)34(14-7-3-12(26)4-8-14)25(39)35(16)33-23-21(30)19(28)18(27)20(29)22(23)31/h3-10,16,33H,2,11H2,1H3,(H,32,36). The molecule has 1 aliphatic rings. The summed E-state index contributed by atoms with van der Waals surface area (Å²) in [5.74, 6) is -12.1. The minimum absolute atomic E-state index is 0.188. The molecule has 7 nitrogen and oxygen atoms in total. The van der Waals surface area contributed by atoms with Crippen LogP contribution in [0, 0.1) is 29.1 Å². The molecule has 0 bridgehead atoms. The number of anilines is 3. The molecular formula is C25H18ClF5N4O3S. The summed E-state index contributed by atoms with van der Waals surface area (Å²) in [5.41, 5.74) is 1.12. The second-order valence-corrected chi connectivity index (χ2v) is 8.89. The molecule has 3 aromatic rings. The Morgan fingerprint density at radius 2 is 1.51 bits per heavy atom. The third kappa shape index (κ3) is 5.59. The van der Waals surface area contributed by atoms with Crippen molar-refractivity contribution in [3.63, 3.8) is 0 Å². The SMILES string of the molecule is CCOc1ccc(NC(=O)CC2C(=O)N(c3ccc(Cl)cc3)C(=S)N2Nc2c(F)c(F)c(F)c(F)c2F)cc1. The molecule has 0 aliphatic carbocycles. The normalized spacial score (nSPS) is 15.1. The van der Waals surface area contributed by atoms with Crippen LogP contribution in [0.3, 0.4) is 0 Å². The summed E-state index contributed by atoms with van der Waals surface area (Å²) in [6, 6.07) is 10.5. The van der Waals surface area contributed by atoms with Crippen LogP contribution >= 0.6 is 23.8 Å². The highest BCUT2D eigenvalue weighted by atomic mass is 35.5. The van der Waals surface area contributed by atoms with Gasteiger partial charge in [0.1, 0.15) is 17.5 Å². The quantitative estimate of drug-likeness (QED) is 0.151. The van der Waals surface area contributed by atoms with E-state index in [1.807, 2.05) is 5.43 Å². The van der Waals surface area contributed by atoms with E-state index in [-0.39, 0.29) is 5.69 Å². The van der Waals surface area contributed by atoms with Crippen molar-refractivity contribution < 1.29 is 36.3 Å². The highest BCUT2D eigenvalue weighted by Gasteiger charge is 2.45. The Kier molecular flexibility index (Phi) is 8.21. The second kappa shape index (κ2) is 11.4. The first-order valence-corrected chi connectivity index (χ1v) is 12.1. The molecule has 204 valence electrons. The molecule has 2 amide bonds. The fraction of sp³-hybridized carbons (Fsp3) is 0.160. The molecule has 39 heavy (non-hydrogen) atoms. The maximum Gasteiger partial charge on any atom is 0.258 e. The van der Waals surface area contributed by atoms with Gasteiger partial charge >= 0.3 is 0 Å². The number of carbonyl (C=O) groups is 2. The van der Waals surface area contributed by atoms with Crippen LogP contribution in [0.1, 0.15) is 13.3 Å². The van der Waals surface area contributed by atoms with Crippen LogP contribution in [0.4, 0.5) is 39.0 Å². The van der Waals surface area contributed by atoms with Crippen LogP contribution in [-0.2, 0) is 9.59 Å². The molecule has 1 saturated heterocycles. The molecule has 14 heteroatoms. The van der Waals surface area contributed by atoms with Gasteiger partial charge in [0.25, 0.3) is 5.91 Å². The van der Waals surface area contributed by atoms with Gasteiger partial charge in [-0.05, 0) is 67.7 Å². The minimum atomic E-state index is -2.36. The topological polar surface area (TPSA) is 73.9 Å². The van der Waals surface area contributed by atoms with Crippen molar-refractivity contribution in [2.75, 3.05) is 22.2 Å². The zero-order chi connectivity index (χ0) is 28.4. The molecule has 2 N–H and O–H groups in total. The van der Waals surface area contributed by atoms with E-state index in [0.29, 0.717) is 28.1 Å². The zero-order valence-electron chi connectivity index (χ0n) is 19.9. The molecule has 3 aromatic carbocycles. The van der Waals surface area contributed by atoms with Gasteiger partial charge in [0, 0.05) is 10.7 Å². The van der Waals surface area contributed by atoms with Crippen LogP contribution in [0.5, 0.6) is 5.75 Å². The summed E-state index contributed by atoms with van der Waals surface area (Å²) < 4.78 is 75.5. The third-order valence-corrected chi connectivity index (χ3v) is 6.20. The summed E-state index contributed by atoms with van der Waals surface area (Å²) >= 11 is 11.2. The number of ether oxygens (including phenoxy) is 1. The maximum absolute atomic E-state index is 14.5. The Balaban J connectivity index is 1.66. The van der Waals surface area contributed by atoms with Crippen LogP contribution in [0.25, 0.3) is 0 Å². The molecule has 0 aromatic heterocycles. The lowest BCUT2D eigenvalue weighted by atomic mass is 10.1. The number of benzene rings is 3. The van der Waals surface area contributed by atoms with Crippen LogP contribution in [0.2, 0.25) is 5.02 Å². The van der Waals surface area contributed by atoms with E-state index in [0.717, 1.165) is 4.90 Å². The number of thiocarbonyl (C=S) groups is 1. The molecule has 0 spiro atoms. The number of carbonyl (C=O) groups excluding carboxylic acids is 2. The van der Waals surface area contributed by atoms with Crippen molar-refractivity contribution in [2.24, 2.45) is 0 Å². The number of hydrogen-bond acceptors (Lipinski definition) is 5. The largest absolute Gasteiger partial charge is 0.494 e. The second-order valence-electron chi connectivity index (χ2n) is 8.08. The van der Waals surface area contributed by atoms with Gasteiger partial charge in [-0.3, -0.25) is 19.9 Å². The predicted octanol–water partition coefficient (Wildman–Crippen LogP) is 5.79. The molecule has 0 radical (unpaired) electrons. The van der Waals surface area contributed by atoms with Gasteiger partial charge in [-0.1, -0.05) is 11.6 Å². The molecule has 1 atom stereocenters. The van der Waals surface area contributed by atoms with Gasteiger partial charge in [0.15, 0.2) is 23.3 Å². The van der Waals surface area contributed by atoms with Crippen LogP contribution in [-0.4, -0.2) is 34.6 Å². The van der Waals surface area contributed by atoms with E-state index in [2.05, 4.69) is 5.32 Å². The van der Waals surface area contributed by atoms with Gasteiger partial charge in [-0.15, -0.1) is 0 Å². The summed E-state index contributed by atoms with van der Waals surface area (Å²) in [7, 11) is 0. The van der Waals surface area contributed by atoms with E-state index < -0.39 is 64.2 Å². The number of hydrogen-bond donors (Lipinski definition) is 2. The van der Waals surface area contributed by atoms with E-state index >= 15 is 0 Å². The molecule has 1 unspecified atom stereocenters.